The number of para-hydroxylation sites is 1. The van der Waals surface area contributed by atoms with Crippen LogP contribution in [0.2, 0.25) is 0 Å². The molecule has 3 aromatic carbocycles. The van der Waals surface area contributed by atoms with Crippen molar-refractivity contribution >= 4 is 22.1 Å². The Bertz CT molecular complexity index is 1490. The van der Waals surface area contributed by atoms with Gasteiger partial charge in [0, 0.05) is 17.6 Å². The van der Waals surface area contributed by atoms with Gasteiger partial charge in [-0.25, -0.2) is 8.78 Å². The van der Waals surface area contributed by atoms with E-state index >= 15 is 0 Å². The van der Waals surface area contributed by atoms with Crippen molar-refractivity contribution in [1.82, 2.24) is 9.97 Å². The quantitative estimate of drug-likeness (QED) is 0.118. The van der Waals surface area contributed by atoms with Gasteiger partial charge in [0.1, 0.15) is 11.9 Å². The number of aromatic nitrogens is 2. The average Bonchev–Trinajstić information content (AvgIpc) is 2.94. The first-order chi connectivity index (χ1) is 19.3. The second-order valence-corrected chi connectivity index (χ2v) is 9.67. The molecule has 41 heavy (non-hydrogen) atoms. The number of pyridine rings is 2. The zero-order valence-corrected chi connectivity index (χ0v) is 25.8. The van der Waals surface area contributed by atoms with E-state index < -0.39 is 11.9 Å². The van der Waals surface area contributed by atoms with Crippen LogP contribution < -0.4 is 4.90 Å². The van der Waals surface area contributed by atoms with E-state index in [9.17, 15) is 8.78 Å². The molecule has 0 fully saturated rings. The summed E-state index contributed by atoms with van der Waals surface area (Å²) >= 11 is 0. The Balaban J connectivity index is 0.000000260. The third-order valence-electron chi connectivity index (χ3n) is 5.81. The van der Waals surface area contributed by atoms with E-state index in [1.54, 1.807) is 18.2 Å². The topological polar surface area (TPSA) is 57.2 Å². The molecular weight excluding hydrogens is 697 g/mol. The number of rotatable bonds is 8. The summed E-state index contributed by atoms with van der Waals surface area (Å²) in [5, 5.41) is 12.3. The summed E-state index contributed by atoms with van der Waals surface area (Å²) < 4.78 is 25.6. The van der Waals surface area contributed by atoms with E-state index in [0.29, 0.717) is 5.69 Å². The molecule has 0 amide bonds. The van der Waals surface area contributed by atoms with E-state index in [2.05, 4.69) is 115 Å². The van der Waals surface area contributed by atoms with E-state index in [1.807, 2.05) is 6.07 Å². The van der Waals surface area contributed by atoms with Crippen LogP contribution in [-0.4, -0.2) is 28.3 Å². The summed E-state index contributed by atoms with van der Waals surface area (Å²) in [6, 6.07) is 34.2. The van der Waals surface area contributed by atoms with Crippen molar-refractivity contribution in [2.75, 3.05) is 4.90 Å². The second kappa shape index (κ2) is 15.4. The molecule has 0 radical (unpaired) electrons. The Kier molecular flexibility index (Phi) is 12.0. The van der Waals surface area contributed by atoms with Gasteiger partial charge in [-0.05, 0) is 46.8 Å². The van der Waals surface area contributed by atoms with Gasteiger partial charge in [-0.1, -0.05) is 100.0 Å². The Hall–Kier alpha value is -3.55. The molecule has 8 heteroatoms. The van der Waals surface area contributed by atoms with Crippen LogP contribution in [0.15, 0.2) is 103 Å². The third-order valence-corrected chi connectivity index (χ3v) is 5.81. The Morgan fingerprint density at radius 2 is 1.37 bits per heavy atom. The maximum atomic E-state index is 13.1. The normalized spacial score (nSPS) is 10.9. The first-order valence-corrected chi connectivity index (χ1v) is 13.2. The van der Waals surface area contributed by atoms with Crippen molar-refractivity contribution in [3.63, 3.8) is 0 Å². The summed E-state index contributed by atoms with van der Waals surface area (Å²) in [5.41, 5.74) is 2.67. The number of fused-ring (bicyclic) bond motifs is 1. The molecule has 5 rings (SSSR count). The van der Waals surface area contributed by atoms with Gasteiger partial charge in [-0.3, -0.25) is 4.98 Å². The van der Waals surface area contributed by atoms with E-state index in [4.69, 9.17) is 10.6 Å². The molecule has 212 valence electrons. The van der Waals surface area contributed by atoms with Crippen LogP contribution >= 0.6 is 0 Å². The largest absolute Gasteiger partial charge is 3.00 e. The smallest absolute Gasteiger partial charge is 0.658 e. The molecule has 0 N–H and O–H groups in total. The number of hydrogen-bond donors (Lipinski definition) is 0. The second-order valence-electron chi connectivity index (χ2n) is 9.67. The minimum Gasteiger partial charge on any atom is -0.658 e. The Morgan fingerprint density at radius 1 is 0.732 bits per heavy atom. The van der Waals surface area contributed by atoms with Crippen LogP contribution in [0.4, 0.5) is 20.2 Å². The average molecular weight is 729 g/mol. The fraction of sp³-hybridized carbons (Fsp3) is 0.212. The first kappa shape index (κ1) is 32.0. The van der Waals surface area contributed by atoms with Crippen LogP contribution in [0.1, 0.15) is 27.7 Å². The standard InChI is InChI=1S/C23H27N3.C10H5F2N2.Ir/c1-17(2)24-23(25-18(3)4)26(21-12-6-5-7-13-21)22-15-14-19-10-8-9-11-20(19)16-22;11-9-5-4-7(10(12)14-9)8-3-1-2-6-13-8;/h5-18,23H,1-4H3;1-3,5-6H;/q-2;-1;+3. The van der Waals surface area contributed by atoms with E-state index in [1.165, 1.54) is 17.0 Å². The van der Waals surface area contributed by atoms with Crippen LogP contribution in [0.3, 0.4) is 0 Å². The van der Waals surface area contributed by atoms with Crippen LogP contribution in [0.5, 0.6) is 0 Å². The molecule has 0 unspecified atom stereocenters. The molecule has 5 nitrogen and oxygen atoms in total. The first-order valence-electron chi connectivity index (χ1n) is 13.2. The zero-order valence-electron chi connectivity index (χ0n) is 23.4. The zero-order chi connectivity index (χ0) is 28.5. The molecular formula is C33H32F2IrN5. The van der Waals surface area contributed by atoms with Crippen molar-refractivity contribution in [2.24, 2.45) is 0 Å². The molecule has 0 aliphatic carbocycles. The van der Waals surface area contributed by atoms with Crippen LogP contribution in [0, 0.1) is 18.0 Å². The summed E-state index contributed by atoms with van der Waals surface area (Å²) in [6.45, 7) is 8.41. The Morgan fingerprint density at radius 3 is 1.98 bits per heavy atom. The number of anilines is 2. The molecule has 0 bridgehead atoms. The molecule has 0 saturated carbocycles. The maximum absolute atomic E-state index is 13.1. The van der Waals surface area contributed by atoms with Gasteiger partial charge in [-0.15, -0.1) is 18.2 Å². The maximum Gasteiger partial charge on any atom is 3.00 e. The Labute approximate surface area is 254 Å². The molecule has 0 aliphatic heterocycles. The number of benzene rings is 3. The molecule has 2 heterocycles. The molecule has 0 spiro atoms. The van der Waals surface area contributed by atoms with Crippen molar-refractivity contribution in [3.05, 3.63) is 132 Å². The number of nitrogens with zero attached hydrogens (tertiary/aromatic N) is 5. The minimum absolute atomic E-state index is 0. The van der Waals surface area contributed by atoms with Gasteiger partial charge in [0.25, 0.3) is 0 Å². The third kappa shape index (κ3) is 8.97. The summed E-state index contributed by atoms with van der Waals surface area (Å²) in [7, 11) is 0. The van der Waals surface area contributed by atoms with Crippen molar-refractivity contribution < 1.29 is 28.9 Å². The van der Waals surface area contributed by atoms with Crippen molar-refractivity contribution in [3.8, 4) is 11.3 Å². The van der Waals surface area contributed by atoms with E-state index in [0.717, 1.165) is 17.4 Å². The van der Waals surface area contributed by atoms with Gasteiger partial charge < -0.3 is 20.5 Å². The number of halogens is 2. The van der Waals surface area contributed by atoms with Gasteiger partial charge in [0.15, 0.2) is 0 Å². The molecule has 0 atom stereocenters. The van der Waals surface area contributed by atoms with E-state index in [-0.39, 0.29) is 44.0 Å². The SMILES string of the molecule is CC(C)[N-]C([N-]C(C)C)N(c1ccccc1)c1ccc2ccccc2c1.Fc1c[c-]c(-c2ccccn2)c(F)n1.[Ir+3]. The summed E-state index contributed by atoms with van der Waals surface area (Å²) in [6.07, 6.45) is 1.27. The monoisotopic (exact) mass is 729 g/mol. The van der Waals surface area contributed by atoms with Gasteiger partial charge >= 0.3 is 20.1 Å². The minimum atomic E-state index is -0.899. The molecule has 0 saturated heterocycles. The predicted molar refractivity (Wildman–Crippen MR) is 160 cm³/mol. The number of hydrogen-bond acceptors (Lipinski definition) is 3. The summed E-state index contributed by atoms with van der Waals surface area (Å²) in [5.74, 6) is -1.79. The fourth-order valence-electron chi connectivity index (χ4n) is 4.10. The van der Waals surface area contributed by atoms with Crippen LogP contribution in [-0.2, 0) is 20.1 Å². The fourth-order valence-corrected chi connectivity index (χ4v) is 4.10. The summed E-state index contributed by atoms with van der Waals surface area (Å²) in [4.78, 5) is 9.18. The van der Waals surface area contributed by atoms with Crippen LogP contribution in [0.25, 0.3) is 32.7 Å². The van der Waals surface area contributed by atoms with Gasteiger partial charge in [0.2, 0.25) is 0 Å². The van der Waals surface area contributed by atoms with Crippen molar-refractivity contribution in [2.45, 2.75) is 46.1 Å². The molecule has 2 aromatic heterocycles. The van der Waals surface area contributed by atoms with Crippen molar-refractivity contribution in [1.29, 1.82) is 0 Å². The molecule has 5 aromatic rings. The van der Waals surface area contributed by atoms with Gasteiger partial charge in [-0.2, -0.15) is 6.29 Å². The van der Waals surface area contributed by atoms with Gasteiger partial charge in [0.05, 0.1) is 0 Å². The molecule has 0 aliphatic rings. The predicted octanol–water partition coefficient (Wildman–Crippen LogP) is 9.05.